The van der Waals surface area contributed by atoms with Gasteiger partial charge >= 0.3 is 12.4 Å². The number of benzene rings is 3. The monoisotopic (exact) mass is 503 g/mol. The van der Waals surface area contributed by atoms with Crippen LogP contribution in [-0.2, 0) is 5.41 Å². The first-order valence-corrected chi connectivity index (χ1v) is 9.66. The highest BCUT2D eigenvalue weighted by Gasteiger charge is 2.73. The first-order chi connectivity index (χ1) is 17.0. The molecule has 0 atom stereocenters. The maximum Gasteiger partial charge on any atom is 0.411 e. The zero-order chi connectivity index (χ0) is 26.6. The van der Waals surface area contributed by atoms with E-state index < -0.39 is 34.5 Å². The number of rotatable bonds is 6. The molecule has 0 aliphatic rings. The highest BCUT2D eigenvalue weighted by atomic mass is 19.4. The SMILES string of the molecule is N#COc1ccc(-c2cc(OC#N)ccc2C(c2ccc(OC#N)cc2)(C(F)(F)F)C(F)(F)F)cc1. The minimum Gasteiger partial charge on any atom is -0.388 e. The predicted octanol–water partition coefficient (Wildman–Crippen LogP) is 6.34. The number of hydrogen-bond acceptors (Lipinski definition) is 6. The normalized spacial score (nSPS) is 11.5. The lowest BCUT2D eigenvalue weighted by Crippen LogP contribution is -2.55. The minimum atomic E-state index is -5.90. The van der Waals surface area contributed by atoms with E-state index in [4.69, 9.17) is 15.8 Å². The van der Waals surface area contributed by atoms with Gasteiger partial charge in [-0.1, -0.05) is 30.3 Å². The number of nitriles is 3. The van der Waals surface area contributed by atoms with Crippen LogP contribution in [0.25, 0.3) is 11.1 Å². The number of hydrogen-bond donors (Lipinski definition) is 0. The zero-order valence-corrected chi connectivity index (χ0v) is 17.7. The van der Waals surface area contributed by atoms with E-state index in [0.717, 1.165) is 36.4 Å². The van der Waals surface area contributed by atoms with Gasteiger partial charge in [-0.15, -0.1) is 15.8 Å². The molecule has 182 valence electrons. The molecule has 0 aliphatic heterocycles. The summed E-state index contributed by atoms with van der Waals surface area (Å²) >= 11 is 0. The van der Waals surface area contributed by atoms with Gasteiger partial charge in [0.15, 0.2) is 0 Å². The van der Waals surface area contributed by atoms with Crippen LogP contribution in [0.15, 0.2) is 66.7 Å². The highest BCUT2D eigenvalue weighted by molar-refractivity contribution is 5.73. The van der Waals surface area contributed by atoms with E-state index in [9.17, 15) is 26.3 Å². The topological polar surface area (TPSA) is 99.1 Å². The summed E-state index contributed by atoms with van der Waals surface area (Å²) in [6.45, 7) is 0. The van der Waals surface area contributed by atoms with E-state index in [0.29, 0.717) is 18.2 Å². The third-order valence-electron chi connectivity index (χ3n) is 5.19. The Hall–Kier alpha value is -4.89. The Morgan fingerprint density at radius 2 is 0.972 bits per heavy atom. The summed E-state index contributed by atoms with van der Waals surface area (Å²) in [7, 11) is 0. The number of nitrogens with zero attached hydrogens (tertiary/aromatic N) is 3. The van der Waals surface area contributed by atoms with Crippen LogP contribution in [0.4, 0.5) is 26.3 Å². The van der Waals surface area contributed by atoms with Crippen LogP contribution in [0.1, 0.15) is 11.1 Å². The summed E-state index contributed by atoms with van der Waals surface area (Å²) in [5, 5.41) is 26.0. The van der Waals surface area contributed by atoms with Crippen LogP contribution in [0, 0.1) is 34.6 Å². The summed E-state index contributed by atoms with van der Waals surface area (Å²) in [6.07, 6.45) is -7.81. The number of alkyl halides is 6. The molecule has 0 spiro atoms. The molecule has 12 heteroatoms. The molecule has 0 amide bonds. The molecule has 0 heterocycles. The van der Waals surface area contributed by atoms with Crippen molar-refractivity contribution in [3.05, 3.63) is 77.9 Å². The second kappa shape index (κ2) is 9.77. The average molecular weight is 503 g/mol. The second-order valence-corrected chi connectivity index (χ2v) is 7.08. The second-order valence-electron chi connectivity index (χ2n) is 7.08. The van der Waals surface area contributed by atoms with Gasteiger partial charge in [0.2, 0.25) is 5.41 Å². The molecular formula is C24H11F6N3O3. The quantitative estimate of drug-likeness (QED) is 0.287. The Morgan fingerprint density at radius 1 is 0.556 bits per heavy atom. The maximum atomic E-state index is 14.7. The van der Waals surface area contributed by atoms with Gasteiger partial charge in [-0.3, -0.25) is 0 Å². The molecule has 0 bridgehead atoms. The van der Waals surface area contributed by atoms with Gasteiger partial charge in [-0.25, -0.2) is 0 Å². The van der Waals surface area contributed by atoms with Crippen molar-refractivity contribution < 1.29 is 40.6 Å². The lowest BCUT2D eigenvalue weighted by atomic mass is 9.70. The lowest BCUT2D eigenvalue weighted by molar-refractivity contribution is -0.288. The van der Waals surface area contributed by atoms with Gasteiger partial charge in [-0.2, -0.15) is 26.3 Å². The number of halogens is 6. The van der Waals surface area contributed by atoms with Crippen molar-refractivity contribution in [1.29, 1.82) is 15.8 Å². The molecule has 3 rings (SSSR count). The van der Waals surface area contributed by atoms with Gasteiger partial charge in [0.25, 0.3) is 18.8 Å². The first-order valence-electron chi connectivity index (χ1n) is 9.66. The van der Waals surface area contributed by atoms with Crippen molar-refractivity contribution in [1.82, 2.24) is 0 Å². The maximum absolute atomic E-state index is 14.7. The van der Waals surface area contributed by atoms with Gasteiger partial charge < -0.3 is 14.2 Å². The molecule has 0 unspecified atom stereocenters. The smallest absolute Gasteiger partial charge is 0.388 e. The van der Waals surface area contributed by atoms with Crippen LogP contribution < -0.4 is 14.2 Å². The Morgan fingerprint density at radius 3 is 1.42 bits per heavy atom. The summed E-state index contributed by atoms with van der Waals surface area (Å²) in [5.41, 5.74) is -7.57. The molecule has 0 saturated heterocycles. The van der Waals surface area contributed by atoms with Crippen molar-refractivity contribution in [2.24, 2.45) is 0 Å². The van der Waals surface area contributed by atoms with E-state index in [1.807, 2.05) is 0 Å². The molecule has 36 heavy (non-hydrogen) atoms. The molecule has 0 aliphatic carbocycles. The van der Waals surface area contributed by atoms with Crippen LogP contribution in [0.2, 0.25) is 0 Å². The molecule has 6 nitrogen and oxygen atoms in total. The van der Waals surface area contributed by atoms with Crippen LogP contribution >= 0.6 is 0 Å². The summed E-state index contributed by atoms with van der Waals surface area (Å²) < 4.78 is 102. The van der Waals surface area contributed by atoms with Crippen molar-refractivity contribution >= 4 is 0 Å². The third kappa shape index (κ3) is 4.55. The average Bonchev–Trinajstić information content (AvgIpc) is 2.81. The van der Waals surface area contributed by atoms with E-state index in [1.165, 1.54) is 30.9 Å². The van der Waals surface area contributed by atoms with Crippen molar-refractivity contribution in [3.8, 4) is 47.1 Å². The highest BCUT2D eigenvalue weighted by Crippen LogP contribution is 2.58. The molecule has 0 radical (unpaired) electrons. The van der Waals surface area contributed by atoms with E-state index >= 15 is 0 Å². The van der Waals surface area contributed by atoms with Crippen molar-refractivity contribution in [3.63, 3.8) is 0 Å². The fraction of sp³-hybridized carbons (Fsp3) is 0.125. The van der Waals surface area contributed by atoms with Gasteiger partial charge in [0.05, 0.1) is 0 Å². The van der Waals surface area contributed by atoms with Gasteiger partial charge in [0.1, 0.15) is 17.2 Å². The van der Waals surface area contributed by atoms with Gasteiger partial charge in [-0.05, 0) is 58.7 Å². The minimum absolute atomic E-state index is 0.00165. The largest absolute Gasteiger partial charge is 0.411 e. The lowest BCUT2D eigenvalue weighted by Gasteiger charge is -2.39. The Labute approximate surface area is 199 Å². The predicted molar refractivity (Wildman–Crippen MR) is 110 cm³/mol. The molecule has 0 saturated carbocycles. The molecular weight excluding hydrogens is 492 g/mol. The zero-order valence-electron chi connectivity index (χ0n) is 17.7. The number of ether oxygens (including phenoxy) is 3. The van der Waals surface area contributed by atoms with E-state index in [-0.39, 0.29) is 22.8 Å². The Kier molecular flexibility index (Phi) is 6.98. The van der Waals surface area contributed by atoms with Crippen LogP contribution in [0.5, 0.6) is 17.2 Å². The molecule has 0 N–H and O–H groups in total. The van der Waals surface area contributed by atoms with Gasteiger partial charge in [0, 0.05) is 0 Å². The fourth-order valence-electron chi connectivity index (χ4n) is 3.74. The van der Waals surface area contributed by atoms with E-state index in [2.05, 4.69) is 14.2 Å². The fourth-order valence-corrected chi connectivity index (χ4v) is 3.74. The molecule has 3 aromatic carbocycles. The van der Waals surface area contributed by atoms with E-state index in [1.54, 1.807) is 0 Å². The van der Waals surface area contributed by atoms with Crippen molar-refractivity contribution in [2.45, 2.75) is 17.8 Å². The first kappa shape index (κ1) is 25.7. The Bertz CT molecular complexity index is 1350. The standard InChI is InChI=1S/C24H11F6N3O3/c25-23(26,27)22(24(28,29)30,16-3-7-18(8-4-16)35-13-32)21-10-9-19(36-14-33)11-20(21)15-1-5-17(6-2-15)34-12-31/h1-11H. The molecule has 0 aromatic heterocycles. The summed E-state index contributed by atoms with van der Waals surface area (Å²) in [6, 6.07) is 9.70. The summed E-state index contributed by atoms with van der Waals surface area (Å²) in [4.78, 5) is 0. The molecule has 3 aromatic rings. The molecule has 0 fully saturated rings. The summed E-state index contributed by atoms with van der Waals surface area (Å²) in [5.74, 6) is -0.562. The Balaban J connectivity index is 2.41. The third-order valence-corrected chi connectivity index (χ3v) is 5.19. The van der Waals surface area contributed by atoms with Crippen LogP contribution in [-0.4, -0.2) is 12.4 Å². The van der Waals surface area contributed by atoms with Crippen LogP contribution in [0.3, 0.4) is 0 Å². The van der Waals surface area contributed by atoms with Crippen molar-refractivity contribution in [2.75, 3.05) is 0 Å².